The summed E-state index contributed by atoms with van der Waals surface area (Å²) in [5, 5.41) is 7.70. The number of piperazine rings is 1. The standard InChI is InChI=1S/C15H25N5O/c1-18-6-8-19(9-7-18)14-10-15(21)20(17-12-14)5-4-16-11-13-2-3-13/h10,12-13,16H,2-9,11H2,1H3. The van der Waals surface area contributed by atoms with Crippen molar-refractivity contribution >= 4 is 5.69 Å². The van der Waals surface area contributed by atoms with Gasteiger partial charge in [0, 0.05) is 38.8 Å². The van der Waals surface area contributed by atoms with Gasteiger partial charge in [-0.3, -0.25) is 4.79 Å². The normalized spacial score (nSPS) is 20.0. The molecule has 2 aliphatic rings. The van der Waals surface area contributed by atoms with Crippen molar-refractivity contribution in [3.05, 3.63) is 22.6 Å². The van der Waals surface area contributed by atoms with E-state index in [2.05, 4.69) is 27.3 Å². The molecule has 2 fully saturated rings. The largest absolute Gasteiger partial charge is 0.368 e. The van der Waals surface area contributed by atoms with Crippen molar-refractivity contribution in [1.82, 2.24) is 20.0 Å². The first kappa shape index (κ1) is 14.5. The summed E-state index contributed by atoms with van der Waals surface area (Å²) < 4.78 is 1.56. The fourth-order valence-electron chi connectivity index (χ4n) is 2.64. The van der Waals surface area contributed by atoms with Crippen LogP contribution in [0.25, 0.3) is 0 Å². The van der Waals surface area contributed by atoms with Gasteiger partial charge in [-0.05, 0) is 32.4 Å². The Morgan fingerprint density at radius 2 is 2.05 bits per heavy atom. The van der Waals surface area contributed by atoms with Crippen molar-refractivity contribution in [2.24, 2.45) is 5.92 Å². The van der Waals surface area contributed by atoms with Crippen molar-refractivity contribution in [1.29, 1.82) is 0 Å². The average molecular weight is 291 g/mol. The smallest absolute Gasteiger partial charge is 0.268 e. The fourth-order valence-corrected chi connectivity index (χ4v) is 2.64. The first-order valence-corrected chi connectivity index (χ1v) is 7.94. The fraction of sp³-hybridized carbons (Fsp3) is 0.733. The summed E-state index contributed by atoms with van der Waals surface area (Å²) in [7, 11) is 2.13. The molecule has 1 aromatic rings. The van der Waals surface area contributed by atoms with E-state index in [1.807, 2.05) is 6.20 Å². The highest BCUT2D eigenvalue weighted by Crippen LogP contribution is 2.27. The maximum absolute atomic E-state index is 12.1. The first-order chi connectivity index (χ1) is 10.2. The third kappa shape index (κ3) is 4.04. The van der Waals surface area contributed by atoms with Crippen LogP contribution in [0.2, 0.25) is 0 Å². The van der Waals surface area contributed by atoms with Crippen LogP contribution in [0, 0.1) is 5.92 Å². The number of nitrogens with zero attached hydrogens (tertiary/aromatic N) is 4. The summed E-state index contributed by atoms with van der Waals surface area (Å²) in [6.07, 6.45) is 4.53. The summed E-state index contributed by atoms with van der Waals surface area (Å²) in [5.41, 5.74) is 0.954. The molecule has 6 heteroatoms. The summed E-state index contributed by atoms with van der Waals surface area (Å²) in [6.45, 7) is 6.54. The lowest BCUT2D eigenvalue weighted by Gasteiger charge is -2.33. The molecule has 3 rings (SSSR count). The second-order valence-corrected chi connectivity index (χ2v) is 6.21. The topological polar surface area (TPSA) is 53.4 Å². The molecule has 0 aromatic carbocycles. The van der Waals surface area contributed by atoms with Crippen LogP contribution in [0.5, 0.6) is 0 Å². The molecule has 2 heterocycles. The Morgan fingerprint density at radius 3 is 2.71 bits per heavy atom. The highest BCUT2D eigenvalue weighted by Gasteiger charge is 2.20. The van der Waals surface area contributed by atoms with Gasteiger partial charge in [0.1, 0.15) is 0 Å². The van der Waals surface area contributed by atoms with Gasteiger partial charge >= 0.3 is 0 Å². The molecule has 1 aliphatic heterocycles. The molecule has 0 amide bonds. The van der Waals surface area contributed by atoms with Crippen LogP contribution in [-0.4, -0.2) is 61.0 Å². The second-order valence-electron chi connectivity index (χ2n) is 6.21. The summed E-state index contributed by atoms with van der Waals surface area (Å²) >= 11 is 0. The maximum Gasteiger partial charge on any atom is 0.268 e. The average Bonchev–Trinajstić information content (AvgIpc) is 3.30. The number of nitrogens with one attached hydrogen (secondary N) is 1. The molecule has 1 N–H and O–H groups in total. The molecule has 21 heavy (non-hydrogen) atoms. The Labute approximate surface area is 125 Å². The number of rotatable bonds is 6. The zero-order valence-electron chi connectivity index (χ0n) is 12.8. The van der Waals surface area contributed by atoms with Crippen LogP contribution in [0.3, 0.4) is 0 Å². The minimum atomic E-state index is -0.000324. The lowest BCUT2D eigenvalue weighted by atomic mass is 10.3. The van der Waals surface area contributed by atoms with Crippen LogP contribution in [-0.2, 0) is 6.54 Å². The highest BCUT2D eigenvalue weighted by molar-refractivity contribution is 5.43. The van der Waals surface area contributed by atoms with E-state index in [0.717, 1.165) is 50.9 Å². The Hall–Kier alpha value is -1.40. The van der Waals surface area contributed by atoms with Crippen molar-refractivity contribution in [2.75, 3.05) is 51.2 Å². The Balaban J connectivity index is 1.53. The Bertz CT molecular complexity index is 517. The van der Waals surface area contributed by atoms with E-state index < -0.39 is 0 Å². The van der Waals surface area contributed by atoms with Crippen molar-refractivity contribution in [3.8, 4) is 0 Å². The van der Waals surface area contributed by atoms with E-state index in [0.29, 0.717) is 6.54 Å². The third-order valence-electron chi connectivity index (χ3n) is 4.35. The first-order valence-electron chi connectivity index (χ1n) is 7.94. The zero-order valence-corrected chi connectivity index (χ0v) is 12.8. The van der Waals surface area contributed by atoms with E-state index >= 15 is 0 Å². The molecule has 0 atom stereocenters. The van der Waals surface area contributed by atoms with Gasteiger partial charge in [0.15, 0.2) is 0 Å². The number of hydrogen-bond donors (Lipinski definition) is 1. The van der Waals surface area contributed by atoms with E-state index in [-0.39, 0.29) is 5.56 Å². The molecule has 0 radical (unpaired) electrons. The molecule has 1 aromatic heterocycles. The molecule has 6 nitrogen and oxygen atoms in total. The lowest BCUT2D eigenvalue weighted by Crippen LogP contribution is -2.45. The van der Waals surface area contributed by atoms with Crippen LogP contribution in [0.1, 0.15) is 12.8 Å². The van der Waals surface area contributed by atoms with Gasteiger partial charge in [-0.15, -0.1) is 0 Å². The molecule has 116 valence electrons. The van der Waals surface area contributed by atoms with Gasteiger partial charge in [-0.25, -0.2) is 4.68 Å². The van der Waals surface area contributed by atoms with Gasteiger partial charge < -0.3 is 15.1 Å². The van der Waals surface area contributed by atoms with Gasteiger partial charge in [0.05, 0.1) is 18.4 Å². The van der Waals surface area contributed by atoms with E-state index in [1.165, 1.54) is 12.8 Å². The molecule has 1 aliphatic carbocycles. The van der Waals surface area contributed by atoms with E-state index in [4.69, 9.17) is 0 Å². The van der Waals surface area contributed by atoms with Crippen molar-refractivity contribution < 1.29 is 0 Å². The molecule has 0 unspecified atom stereocenters. The SMILES string of the molecule is CN1CCN(c2cnn(CCNCC3CC3)c(=O)c2)CC1. The number of aromatic nitrogens is 2. The third-order valence-corrected chi connectivity index (χ3v) is 4.35. The Kier molecular flexibility index (Phi) is 4.55. The predicted octanol–water partition coefficient (Wildman–Crippen LogP) is -0.00530. The minimum absolute atomic E-state index is 0.000324. The highest BCUT2D eigenvalue weighted by atomic mass is 16.1. The van der Waals surface area contributed by atoms with Crippen LogP contribution in [0.15, 0.2) is 17.1 Å². The number of hydrogen-bond acceptors (Lipinski definition) is 5. The second kappa shape index (κ2) is 6.58. The minimum Gasteiger partial charge on any atom is -0.368 e. The van der Waals surface area contributed by atoms with E-state index in [9.17, 15) is 4.79 Å². The summed E-state index contributed by atoms with van der Waals surface area (Å²) in [6, 6.07) is 1.72. The van der Waals surface area contributed by atoms with Gasteiger partial charge in [-0.1, -0.05) is 0 Å². The monoisotopic (exact) mass is 291 g/mol. The quantitative estimate of drug-likeness (QED) is 0.748. The molecular weight excluding hydrogens is 266 g/mol. The zero-order chi connectivity index (χ0) is 14.7. The summed E-state index contributed by atoms with van der Waals surface area (Å²) in [5.74, 6) is 0.870. The molecular formula is C15H25N5O. The van der Waals surface area contributed by atoms with Gasteiger partial charge in [-0.2, -0.15) is 5.10 Å². The van der Waals surface area contributed by atoms with Crippen LogP contribution < -0.4 is 15.8 Å². The number of anilines is 1. The van der Waals surface area contributed by atoms with Crippen LogP contribution in [0.4, 0.5) is 5.69 Å². The molecule has 1 saturated carbocycles. The maximum atomic E-state index is 12.1. The van der Waals surface area contributed by atoms with Gasteiger partial charge in [0.25, 0.3) is 5.56 Å². The van der Waals surface area contributed by atoms with Gasteiger partial charge in [0.2, 0.25) is 0 Å². The van der Waals surface area contributed by atoms with E-state index in [1.54, 1.807) is 10.7 Å². The lowest BCUT2D eigenvalue weighted by molar-refractivity contribution is 0.312. The summed E-state index contributed by atoms with van der Waals surface area (Å²) in [4.78, 5) is 16.7. The predicted molar refractivity (Wildman–Crippen MR) is 83.8 cm³/mol. The molecule has 0 bridgehead atoms. The van der Waals surface area contributed by atoms with Crippen LogP contribution >= 0.6 is 0 Å². The molecule has 1 saturated heterocycles. The number of likely N-dealkylation sites (N-methyl/N-ethyl adjacent to an activating group) is 1. The van der Waals surface area contributed by atoms with Crippen molar-refractivity contribution in [2.45, 2.75) is 19.4 Å². The Morgan fingerprint density at radius 1 is 1.29 bits per heavy atom. The molecule has 0 spiro atoms. The van der Waals surface area contributed by atoms with Crippen molar-refractivity contribution in [3.63, 3.8) is 0 Å².